The number of carbonyl (C=O) groups is 1. The Morgan fingerprint density at radius 2 is 2.06 bits per heavy atom. The number of hydrogen-bond donors (Lipinski definition) is 2. The predicted octanol–water partition coefficient (Wildman–Crippen LogP) is 2.60. The Labute approximate surface area is 104 Å². The average Bonchev–Trinajstić information content (AvgIpc) is 2.32. The number of carbonyl (C=O) groups excluding carboxylic acids is 1. The zero-order valence-corrected chi connectivity index (χ0v) is 10.8. The topological polar surface area (TPSA) is 58.6 Å². The number of amides is 1. The standard InChI is InChI=1S/C13H25NO3/c1-2-3-4-7-10-14-13(16)17-12-9-6-5-8-11(12)15/h11-12,15H,2-10H2,1H3,(H,14,16)/t11-,12+/m1/s1. The molecule has 17 heavy (non-hydrogen) atoms. The monoisotopic (exact) mass is 243 g/mol. The van der Waals surface area contributed by atoms with Gasteiger partial charge in [0.05, 0.1) is 6.10 Å². The molecule has 2 atom stereocenters. The fourth-order valence-electron chi connectivity index (χ4n) is 2.14. The maximum atomic E-state index is 11.4. The van der Waals surface area contributed by atoms with Gasteiger partial charge in [0.2, 0.25) is 0 Å². The van der Waals surface area contributed by atoms with Gasteiger partial charge in [-0.2, -0.15) is 0 Å². The summed E-state index contributed by atoms with van der Waals surface area (Å²) in [6.45, 7) is 2.83. The third-order valence-electron chi connectivity index (χ3n) is 3.23. The van der Waals surface area contributed by atoms with E-state index >= 15 is 0 Å². The minimum absolute atomic E-state index is 0.306. The number of hydrogen-bond acceptors (Lipinski definition) is 3. The van der Waals surface area contributed by atoms with Gasteiger partial charge in [-0.1, -0.05) is 32.6 Å². The second-order valence-electron chi connectivity index (χ2n) is 4.78. The van der Waals surface area contributed by atoms with E-state index in [1.807, 2.05) is 0 Å². The molecule has 1 saturated carbocycles. The molecule has 1 aliphatic rings. The summed E-state index contributed by atoms with van der Waals surface area (Å²) < 4.78 is 5.21. The molecule has 1 aliphatic carbocycles. The Balaban J connectivity index is 2.07. The molecule has 0 aliphatic heterocycles. The van der Waals surface area contributed by atoms with Crippen LogP contribution in [0, 0.1) is 0 Å². The molecule has 0 bridgehead atoms. The largest absolute Gasteiger partial charge is 0.443 e. The van der Waals surface area contributed by atoms with Gasteiger partial charge in [-0.25, -0.2) is 4.79 Å². The molecule has 0 unspecified atom stereocenters. The Morgan fingerprint density at radius 1 is 1.29 bits per heavy atom. The first-order valence-electron chi connectivity index (χ1n) is 6.86. The predicted molar refractivity (Wildman–Crippen MR) is 66.9 cm³/mol. The normalized spacial score (nSPS) is 24.4. The van der Waals surface area contributed by atoms with E-state index in [9.17, 15) is 9.90 Å². The van der Waals surface area contributed by atoms with Gasteiger partial charge in [0.25, 0.3) is 0 Å². The SMILES string of the molecule is CCCCCCNC(=O)O[C@H]1CCCC[C@H]1O. The van der Waals surface area contributed by atoms with E-state index in [1.165, 1.54) is 12.8 Å². The maximum Gasteiger partial charge on any atom is 0.407 e. The Morgan fingerprint density at radius 3 is 2.76 bits per heavy atom. The lowest BCUT2D eigenvalue weighted by molar-refractivity contribution is -0.0211. The van der Waals surface area contributed by atoms with Crippen molar-refractivity contribution in [3.8, 4) is 0 Å². The lowest BCUT2D eigenvalue weighted by Crippen LogP contribution is -2.38. The molecule has 0 heterocycles. The van der Waals surface area contributed by atoms with E-state index in [-0.39, 0.29) is 12.2 Å². The summed E-state index contributed by atoms with van der Waals surface area (Å²) in [7, 11) is 0. The summed E-state index contributed by atoms with van der Waals surface area (Å²) in [6.07, 6.45) is 6.96. The van der Waals surface area contributed by atoms with Crippen molar-refractivity contribution >= 4 is 6.09 Å². The minimum Gasteiger partial charge on any atom is -0.443 e. The molecule has 1 rings (SSSR count). The summed E-state index contributed by atoms with van der Waals surface area (Å²) in [5, 5.41) is 12.4. The lowest BCUT2D eigenvalue weighted by atomic mass is 9.95. The van der Waals surface area contributed by atoms with E-state index < -0.39 is 6.10 Å². The van der Waals surface area contributed by atoms with Crippen molar-refractivity contribution in [1.29, 1.82) is 0 Å². The Bertz CT molecular complexity index is 221. The van der Waals surface area contributed by atoms with E-state index in [0.29, 0.717) is 6.54 Å². The summed E-state index contributed by atoms with van der Waals surface area (Å²) >= 11 is 0. The van der Waals surface area contributed by atoms with Gasteiger partial charge in [-0.05, 0) is 25.7 Å². The molecule has 0 aromatic heterocycles. The second-order valence-corrected chi connectivity index (χ2v) is 4.78. The van der Waals surface area contributed by atoms with Crippen LogP contribution in [0.1, 0.15) is 58.3 Å². The van der Waals surface area contributed by atoms with Gasteiger partial charge in [0.15, 0.2) is 0 Å². The molecule has 0 aromatic rings. The van der Waals surface area contributed by atoms with Crippen LogP contribution in [0.2, 0.25) is 0 Å². The molecule has 0 aromatic carbocycles. The molecular weight excluding hydrogens is 218 g/mol. The molecular formula is C13H25NO3. The number of rotatable bonds is 6. The summed E-state index contributed by atoms with van der Waals surface area (Å²) in [5.74, 6) is 0. The highest BCUT2D eigenvalue weighted by Gasteiger charge is 2.26. The van der Waals surface area contributed by atoms with Gasteiger partial charge in [0.1, 0.15) is 6.10 Å². The van der Waals surface area contributed by atoms with Crippen molar-refractivity contribution in [1.82, 2.24) is 5.32 Å². The van der Waals surface area contributed by atoms with E-state index in [2.05, 4.69) is 12.2 Å². The molecule has 4 nitrogen and oxygen atoms in total. The first-order valence-corrected chi connectivity index (χ1v) is 6.86. The number of nitrogens with one attached hydrogen (secondary N) is 1. The zero-order valence-electron chi connectivity index (χ0n) is 10.8. The average molecular weight is 243 g/mol. The van der Waals surface area contributed by atoms with E-state index in [4.69, 9.17) is 4.74 Å². The Hall–Kier alpha value is -0.770. The van der Waals surface area contributed by atoms with Crippen LogP contribution in [0.3, 0.4) is 0 Å². The molecule has 2 N–H and O–H groups in total. The van der Waals surface area contributed by atoms with Crippen molar-refractivity contribution in [2.75, 3.05) is 6.54 Å². The fourth-order valence-corrected chi connectivity index (χ4v) is 2.14. The number of alkyl carbamates (subject to hydrolysis) is 1. The highest BCUT2D eigenvalue weighted by atomic mass is 16.6. The third kappa shape index (κ3) is 5.91. The van der Waals surface area contributed by atoms with Crippen LogP contribution in [0.4, 0.5) is 4.79 Å². The number of ether oxygens (including phenoxy) is 1. The van der Waals surface area contributed by atoms with E-state index in [0.717, 1.165) is 38.5 Å². The quantitative estimate of drug-likeness (QED) is 0.705. The molecule has 100 valence electrons. The van der Waals surface area contributed by atoms with Crippen molar-refractivity contribution < 1.29 is 14.6 Å². The molecule has 1 fully saturated rings. The minimum atomic E-state index is -0.477. The van der Waals surface area contributed by atoms with Gasteiger partial charge in [-0.15, -0.1) is 0 Å². The number of aliphatic hydroxyl groups excluding tert-OH is 1. The van der Waals surface area contributed by atoms with Gasteiger partial charge in [-0.3, -0.25) is 0 Å². The summed E-state index contributed by atoms with van der Waals surface area (Å²) in [4.78, 5) is 11.4. The van der Waals surface area contributed by atoms with Gasteiger partial charge >= 0.3 is 6.09 Å². The fraction of sp³-hybridized carbons (Fsp3) is 0.923. The Kier molecular flexibility index (Phi) is 7.01. The zero-order chi connectivity index (χ0) is 12.5. The third-order valence-corrected chi connectivity index (χ3v) is 3.23. The second kappa shape index (κ2) is 8.34. The molecule has 0 radical (unpaired) electrons. The smallest absolute Gasteiger partial charge is 0.407 e. The van der Waals surface area contributed by atoms with Crippen LogP contribution < -0.4 is 5.32 Å². The van der Waals surface area contributed by atoms with Gasteiger partial charge < -0.3 is 15.2 Å². The highest BCUT2D eigenvalue weighted by molar-refractivity contribution is 5.67. The highest BCUT2D eigenvalue weighted by Crippen LogP contribution is 2.21. The van der Waals surface area contributed by atoms with Crippen molar-refractivity contribution in [3.63, 3.8) is 0 Å². The van der Waals surface area contributed by atoms with E-state index in [1.54, 1.807) is 0 Å². The maximum absolute atomic E-state index is 11.4. The first kappa shape index (κ1) is 14.3. The van der Waals surface area contributed by atoms with Crippen LogP contribution in [0.15, 0.2) is 0 Å². The van der Waals surface area contributed by atoms with Crippen LogP contribution in [0.25, 0.3) is 0 Å². The summed E-state index contributed by atoms with van der Waals surface area (Å²) in [6, 6.07) is 0. The van der Waals surface area contributed by atoms with Crippen molar-refractivity contribution in [2.45, 2.75) is 70.5 Å². The first-order chi connectivity index (χ1) is 8.24. The molecule has 0 spiro atoms. The summed E-state index contributed by atoms with van der Waals surface area (Å²) in [5.41, 5.74) is 0. The van der Waals surface area contributed by atoms with Gasteiger partial charge in [0, 0.05) is 6.54 Å². The van der Waals surface area contributed by atoms with Crippen molar-refractivity contribution in [2.24, 2.45) is 0 Å². The lowest BCUT2D eigenvalue weighted by Gasteiger charge is -2.27. The van der Waals surface area contributed by atoms with Crippen LogP contribution in [0.5, 0.6) is 0 Å². The molecule has 0 saturated heterocycles. The van der Waals surface area contributed by atoms with Crippen LogP contribution in [-0.4, -0.2) is 30.0 Å². The number of unbranched alkanes of at least 4 members (excludes halogenated alkanes) is 3. The number of aliphatic hydroxyl groups is 1. The van der Waals surface area contributed by atoms with Crippen LogP contribution in [-0.2, 0) is 4.74 Å². The molecule has 4 heteroatoms. The van der Waals surface area contributed by atoms with Crippen molar-refractivity contribution in [3.05, 3.63) is 0 Å². The van der Waals surface area contributed by atoms with Crippen LogP contribution >= 0.6 is 0 Å². The molecule has 1 amide bonds.